The first-order valence-electron chi connectivity index (χ1n) is 6.04. The molecule has 0 saturated heterocycles. The average molecular weight is 277 g/mol. The monoisotopic (exact) mass is 276 g/mol. The van der Waals surface area contributed by atoms with E-state index in [1.165, 1.54) is 0 Å². The molecule has 0 saturated carbocycles. The second kappa shape index (κ2) is 5.11. The maximum Gasteiger partial charge on any atom is 0.129 e. The number of ether oxygens (including phenoxy) is 2. The van der Waals surface area contributed by atoms with Crippen molar-refractivity contribution in [2.75, 3.05) is 6.61 Å². The zero-order valence-electron chi connectivity index (χ0n) is 10.2. The summed E-state index contributed by atoms with van der Waals surface area (Å²) in [6.45, 7) is 0.786. The predicted octanol–water partition coefficient (Wildman–Crippen LogP) is 3.34. The number of aliphatic hydroxyl groups excluding tert-OH is 1. The molecule has 0 bridgehead atoms. The Bertz CT molecular complexity index is 580. The van der Waals surface area contributed by atoms with Gasteiger partial charge in [0.25, 0.3) is 0 Å². The number of fused-ring (bicyclic) bond motifs is 1. The van der Waals surface area contributed by atoms with Crippen molar-refractivity contribution in [3.63, 3.8) is 0 Å². The van der Waals surface area contributed by atoms with Crippen molar-refractivity contribution < 1.29 is 14.6 Å². The second-order valence-electron chi connectivity index (χ2n) is 4.44. The number of rotatable bonds is 3. The molecular formula is C15H13ClO3. The summed E-state index contributed by atoms with van der Waals surface area (Å²) in [5.74, 6) is 1.42. The first kappa shape index (κ1) is 12.3. The lowest BCUT2D eigenvalue weighted by molar-refractivity contribution is 0.140. The molecule has 1 aliphatic heterocycles. The quantitative estimate of drug-likeness (QED) is 0.934. The van der Waals surface area contributed by atoms with Gasteiger partial charge in [0, 0.05) is 16.7 Å². The number of benzene rings is 2. The lowest BCUT2D eigenvalue weighted by Gasteiger charge is -2.08. The van der Waals surface area contributed by atoms with Gasteiger partial charge in [-0.1, -0.05) is 23.7 Å². The van der Waals surface area contributed by atoms with Gasteiger partial charge in [-0.05, 0) is 29.8 Å². The Kier molecular flexibility index (Phi) is 3.32. The van der Waals surface area contributed by atoms with Crippen LogP contribution in [-0.2, 0) is 6.61 Å². The van der Waals surface area contributed by atoms with Gasteiger partial charge < -0.3 is 14.6 Å². The van der Waals surface area contributed by atoms with E-state index >= 15 is 0 Å². The predicted molar refractivity (Wildman–Crippen MR) is 72.7 cm³/mol. The van der Waals surface area contributed by atoms with Crippen molar-refractivity contribution in [2.45, 2.75) is 12.7 Å². The fraction of sp³-hybridized carbons (Fsp3) is 0.200. The molecule has 1 unspecified atom stereocenters. The molecular weight excluding hydrogens is 264 g/mol. The van der Waals surface area contributed by atoms with Crippen LogP contribution in [0.25, 0.3) is 0 Å². The molecule has 0 aromatic heterocycles. The molecule has 0 amide bonds. The standard InChI is InChI=1S/C15H13ClO3/c16-11-3-1-10(2-4-11)8-18-12-5-6-13-14(17)9-19-15(13)7-12/h1-7,14,17H,8-9H2. The molecule has 4 heteroatoms. The third kappa shape index (κ3) is 2.67. The van der Waals surface area contributed by atoms with Gasteiger partial charge in [-0.2, -0.15) is 0 Å². The van der Waals surface area contributed by atoms with Crippen molar-refractivity contribution >= 4 is 11.6 Å². The molecule has 3 rings (SSSR count). The Morgan fingerprint density at radius 3 is 2.79 bits per heavy atom. The molecule has 0 fully saturated rings. The van der Waals surface area contributed by atoms with Crippen molar-refractivity contribution in [1.29, 1.82) is 0 Å². The van der Waals surface area contributed by atoms with Crippen molar-refractivity contribution in [1.82, 2.24) is 0 Å². The van der Waals surface area contributed by atoms with E-state index in [9.17, 15) is 5.11 Å². The van der Waals surface area contributed by atoms with Crippen molar-refractivity contribution in [3.05, 3.63) is 58.6 Å². The lowest BCUT2D eigenvalue weighted by Crippen LogP contribution is -1.97. The minimum Gasteiger partial charge on any atom is -0.490 e. The maximum atomic E-state index is 9.63. The van der Waals surface area contributed by atoms with Crippen LogP contribution in [0.5, 0.6) is 11.5 Å². The van der Waals surface area contributed by atoms with Crippen LogP contribution in [0.4, 0.5) is 0 Å². The van der Waals surface area contributed by atoms with Gasteiger partial charge in [0.2, 0.25) is 0 Å². The van der Waals surface area contributed by atoms with Crippen LogP contribution in [0.2, 0.25) is 5.02 Å². The number of hydrogen-bond acceptors (Lipinski definition) is 3. The number of hydrogen-bond donors (Lipinski definition) is 1. The summed E-state index contributed by atoms with van der Waals surface area (Å²) in [4.78, 5) is 0. The third-order valence-corrected chi connectivity index (χ3v) is 3.31. The van der Waals surface area contributed by atoms with Crippen LogP contribution in [0, 0.1) is 0 Å². The van der Waals surface area contributed by atoms with Gasteiger partial charge >= 0.3 is 0 Å². The average Bonchev–Trinajstić information content (AvgIpc) is 2.79. The SMILES string of the molecule is OC1COc2cc(OCc3ccc(Cl)cc3)ccc21. The molecule has 2 aromatic rings. The lowest BCUT2D eigenvalue weighted by atomic mass is 10.1. The Morgan fingerprint density at radius 2 is 2.00 bits per heavy atom. The van der Waals surface area contributed by atoms with E-state index in [1.807, 2.05) is 42.5 Å². The third-order valence-electron chi connectivity index (χ3n) is 3.06. The van der Waals surface area contributed by atoms with Crippen LogP contribution >= 0.6 is 11.6 Å². The first-order valence-corrected chi connectivity index (χ1v) is 6.42. The highest BCUT2D eigenvalue weighted by atomic mass is 35.5. The highest BCUT2D eigenvalue weighted by molar-refractivity contribution is 6.30. The Balaban J connectivity index is 1.69. The minimum absolute atomic E-state index is 0.315. The van der Waals surface area contributed by atoms with Gasteiger partial charge in [0.1, 0.15) is 30.8 Å². The van der Waals surface area contributed by atoms with Crippen LogP contribution in [0.1, 0.15) is 17.2 Å². The van der Waals surface area contributed by atoms with E-state index in [2.05, 4.69) is 0 Å². The normalized spacial score (nSPS) is 16.8. The molecule has 1 atom stereocenters. The van der Waals surface area contributed by atoms with Crippen molar-refractivity contribution in [2.24, 2.45) is 0 Å². The number of halogens is 1. The zero-order chi connectivity index (χ0) is 13.2. The van der Waals surface area contributed by atoms with E-state index in [0.717, 1.165) is 16.9 Å². The fourth-order valence-corrected chi connectivity index (χ4v) is 2.14. The summed E-state index contributed by atoms with van der Waals surface area (Å²) < 4.78 is 11.1. The first-order chi connectivity index (χ1) is 9.22. The van der Waals surface area contributed by atoms with E-state index in [1.54, 1.807) is 0 Å². The van der Waals surface area contributed by atoms with Crippen LogP contribution in [0.3, 0.4) is 0 Å². The van der Waals surface area contributed by atoms with Gasteiger partial charge in [-0.25, -0.2) is 0 Å². The molecule has 0 aliphatic carbocycles. The number of aliphatic hydroxyl groups is 1. The highest BCUT2D eigenvalue weighted by Crippen LogP contribution is 2.35. The van der Waals surface area contributed by atoms with Gasteiger partial charge in [-0.15, -0.1) is 0 Å². The molecule has 1 N–H and O–H groups in total. The fourth-order valence-electron chi connectivity index (χ4n) is 2.01. The van der Waals surface area contributed by atoms with Crippen molar-refractivity contribution in [3.8, 4) is 11.5 Å². The largest absolute Gasteiger partial charge is 0.490 e. The van der Waals surface area contributed by atoms with Crippen LogP contribution in [0.15, 0.2) is 42.5 Å². The summed E-state index contributed by atoms with van der Waals surface area (Å²) in [7, 11) is 0. The zero-order valence-corrected chi connectivity index (χ0v) is 10.9. The molecule has 0 radical (unpaired) electrons. The summed E-state index contributed by atoms with van der Waals surface area (Å²) in [6, 6.07) is 13.0. The minimum atomic E-state index is -0.527. The summed E-state index contributed by atoms with van der Waals surface area (Å²) in [5, 5.41) is 10.3. The summed E-state index contributed by atoms with van der Waals surface area (Å²) >= 11 is 5.83. The summed E-state index contributed by atoms with van der Waals surface area (Å²) in [6.07, 6.45) is -0.527. The molecule has 1 aliphatic rings. The van der Waals surface area contributed by atoms with E-state index in [-0.39, 0.29) is 0 Å². The van der Waals surface area contributed by atoms with Gasteiger partial charge in [0.05, 0.1) is 0 Å². The summed E-state index contributed by atoms with van der Waals surface area (Å²) in [5.41, 5.74) is 1.87. The van der Waals surface area contributed by atoms with Crippen LogP contribution in [-0.4, -0.2) is 11.7 Å². The molecule has 3 nitrogen and oxygen atoms in total. The van der Waals surface area contributed by atoms with E-state index < -0.39 is 6.10 Å². The smallest absolute Gasteiger partial charge is 0.129 e. The molecule has 2 aromatic carbocycles. The van der Waals surface area contributed by atoms with E-state index in [4.69, 9.17) is 21.1 Å². The Hall–Kier alpha value is -1.71. The van der Waals surface area contributed by atoms with E-state index in [0.29, 0.717) is 24.0 Å². The molecule has 1 heterocycles. The highest BCUT2D eigenvalue weighted by Gasteiger charge is 2.21. The Labute approximate surface area is 116 Å². The van der Waals surface area contributed by atoms with Crippen LogP contribution < -0.4 is 9.47 Å². The topological polar surface area (TPSA) is 38.7 Å². The molecule has 19 heavy (non-hydrogen) atoms. The Morgan fingerprint density at radius 1 is 1.21 bits per heavy atom. The maximum absolute atomic E-state index is 9.63. The second-order valence-corrected chi connectivity index (χ2v) is 4.88. The van der Waals surface area contributed by atoms with Gasteiger partial charge in [0.15, 0.2) is 0 Å². The molecule has 98 valence electrons. The van der Waals surface area contributed by atoms with Gasteiger partial charge in [-0.3, -0.25) is 0 Å². The molecule has 0 spiro atoms.